The van der Waals surface area contributed by atoms with Crippen molar-refractivity contribution in [3.63, 3.8) is 0 Å². The third kappa shape index (κ3) is 3.39. The molecule has 0 aliphatic carbocycles. The highest BCUT2D eigenvalue weighted by atomic mass is 16.3. The molecular weight excluding hydrogens is 414 g/mol. The van der Waals surface area contributed by atoms with Crippen LogP contribution in [0.5, 0.6) is 5.75 Å². The van der Waals surface area contributed by atoms with E-state index in [1.807, 2.05) is 12.1 Å². The highest BCUT2D eigenvalue weighted by Crippen LogP contribution is 2.44. The van der Waals surface area contributed by atoms with Crippen molar-refractivity contribution < 1.29 is 5.11 Å². The summed E-state index contributed by atoms with van der Waals surface area (Å²) in [5.74, 6) is -0.0943. The van der Waals surface area contributed by atoms with Gasteiger partial charge in [0.15, 0.2) is 0 Å². The van der Waals surface area contributed by atoms with Crippen LogP contribution in [0.15, 0.2) is 66.7 Å². The Labute approximate surface area is 201 Å². The number of benzene rings is 5. The van der Waals surface area contributed by atoms with Crippen LogP contribution in [0.1, 0.15) is 69.7 Å². The predicted octanol–water partition coefficient (Wildman–Crippen LogP) is 8.54. The number of rotatable bonds is 2. The fourth-order valence-electron chi connectivity index (χ4n) is 5.30. The number of hydrogen-bond donors (Lipinski definition) is 1. The number of aromatic hydroxyl groups is 1. The Morgan fingerprint density at radius 1 is 0.706 bits per heavy atom. The molecule has 2 heteroatoms. The van der Waals surface area contributed by atoms with E-state index < -0.39 is 5.92 Å². The van der Waals surface area contributed by atoms with Gasteiger partial charge in [0.25, 0.3) is 0 Å². The van der Waals surface area contributed by atoms with Crippen molar-refractivity contribution in [2.75, 3.05) is 0 Å². The molecule has 5 rings (SSSR count). The molecule has 0 saturated carbocycles. The maximum absolute atomic E-state index is 11.2. The van der Waals surface area contributed by atoms with E-state index in [0.717, 1.165) is 27.6 Å². The fraction of sp³-hybridized carbons (Fsp3) is 0.281. The van der Waals surface area contributed by atoms with Crippen LogP contribution in [-0.4, -0.2) is 5.11 Å². The van der Waals surface area contributed by atoms with Gasteiger partial charge in [0, 0.05) is 0 Å². The number of hydrogen-bond acceptors (Lipinski definition) is 2. The summed E-state index contributed by atoms with van der Waals surface area (Å²) in [7, 11) is 0. The van der Waals surface area contributed by atoms with Crippen molar-refractivity contribution in [2.24, 2.45) is 0 Å². The van der Waals surface area contributed by atoms with Gasteiger partial charge < -0.3 is 5.11 Å². The first-order valence-corrected chi connectivity index (χ1v) is 11.9. The molecule has 0 aromatic heterocycles. The molecule has 1 atom stereocenters. The van der Waals surface area contributed by atoms with Crippen LogP contribution < -0.4 is 0 Å². The zero-order valence-electron chi connectivity index (χ0n) is 20.8. The minimum absolute atomic E-state index is 0.247. The van der Waals surface area contributed by atoms with Crippen LogP contribution in [0.3, 0.4) is 0 Å². The lowest BCUT2D eigenvalue weighted by molar-refractivity contribution is 0.422. The maximum atomic E-state index is 11.2. The van der Waals surface area contributed by atoms with Gasteiger partial charge in [0.05, 0.1) is 12.0 Å². The van der Waals surface area contributed by atoms with Crippen molar-refractivity contribution in [3.8, 4) is 11.8 Å². The Morgan fingerprint density at radius 3 is 1.74 bits per heavy atom. The monoisotopic (exact) mass is 445 g/mol. The van der Waals surface area contributed by atoms with Crippen molar-refractivity contribution in [2.45, 2.75) is 58.3 Å². The third-order valence-electron chi connectivity index (χ3n) is 7.08. The molecule has 34 heavy (non-hydrogen) atoms. The van der Waals surface area contributed by atoms with E-state index in [9.17, 15) is 10.4 Å². The molecule has 5 aromatic carbocycles. The molecule has 0 spiro atoms. The van der Waals surface area contributed by atoms with E-state index in [1.54, 1.807) is 0 Å². The van der Waals surface area contributed by atoms with Crippen LogP contribution >= 0.6 is 0 Å². The van der Waals surface area contributed by atoms with E-state index >= 15 is 0 Å². The molecule has 0 fully saturated rings. The highest BCUT2D eigenvalue weighted by molar-refractivity contribution is 6.23. The van der Waals surface area contributed by atoms with E-state index in [0.29, 0.717) is 5.75 Å². The van der Waals surface area contributed by atoms with Crippen molar-refractivity contribution >= 4 is 32.3 Å². The SMILES string of the molecule is CC(C)(C)c1cc(C(C#N)c2ccc3ccc4cccc5ccc2c3c45)cc(C(C)(C)C)c1O. The van der Waals surface area contributed by atoms with Crippen molar-refractivity contribution in [1.82, 2.24) is 0 Å². The lowest BCUT2D eigenvalue weighted by Crippen LogP contribution is -2.18. The maximum Gasteiger partial charge on any atom is 0.123 e. The van der Waals surface area contributed by atoms with E-state index in [2.05, 4.69) is 102 Å². The third-order valence-corrected chi connectivity index (χ3v) is 7.08. The molecule has 0 aliphatic heterocycles. The zero-order chi connectivity index (χ0) is 24.4. The van der Waals surface area contributed by atoms with Crippen LogP contribution in [0.2, 0.25) is 0 Å². The highest BCUT2D eigenvalue weighted by Gasteiger charge is 2.29. The van der Waals surface area contributed by atoms with Gasteiger partial charge in [-0.2, -0.15) is 5.26 Å². The summed E-state index contributed by atoms with van der Waals surface area (Å²) in [6, 6.07) is 26.0. The average Bonchev–Trinajstić information content (AvgIpc) is 2.78. The van der Waals surface area contributed by atoms with Gasteiger partial charge in [0.2, 0.25) is 0 Å². The summed E-state index contributed by atoms with van der Waals surface area (Å²) in [5, 5.41) is 28.9. The Bertz CT molecular complexity index is 1540. The molecule has 0 bridgehead atoms. The number of nitriles is 1. The van der Waals surface area contributed by atoms with Crippen molar-refractivity contribution in [3.05, 3.63) is 89.0 Å². The lowest BCUT2D eigenvalue weighted by Gasteiger charge is -2.29. The topological polar surface area (TPSA) is 44.0 Å². The molecule has 5 aromatic rings. The number of nitrogens with zero attached hydrogens (tertiary/aromatic N) is 1. The Hall–Kier alpha value is -3.57. The van der Waals surface area contributed by atoms with Crippen LogP contribution in [0, 0.1) is 11.3 Å². The summed E-state index contributed by atoms with van der Waals surface area (Å²) in [6.07, 6.45) is 0. The molecule has 0 heterocycles. The van der Waals surface area contributed by atoms with Gasteiger partial charge >= 0.3 is 0 Å². The molecule has 0 amide bonds. The van der Waals surface area contributed by atoms with Crippen LogP contribution in [0.4, 0.5) is 0 Å². The molecule has 1 unspecified atom stereocenters. The van der Waals surface area contributed by atoms with Gasteiger partial charge in [-0.25, -0.2) is 0 Å². The van der Waals surface area contributed by atoms with Gasteiger partial charge in [0.1, 0.15) is 5.75 Å². The van der Waals surface area contributed by atoms with E-state index in [-0.39, 0.29) is 10.8 Å². The normalized spacial score (nSPS) is 13.6. The van der Waals surface area contributed by atoms with Gasteiger partial charge in [-0.1, -0.05) is 96.1 Å². The van der Waals surface area contributed by atoms with Crippen LogP contribution in [-0.2, 0) is 10.8 Å². The molecule has 0 radical (unpaired) electrons. The Morgan fingerprint density at radius 2 is 1.21 bits per heavy atom. The zero-order valence-corrected chi connectivity index (χ0v) is 20.8. The van der Waals surface area contributed by atoms with E-state index in [1.165, 1.54) is 26.9 Å². The largest absolute Gasteiger partial charge is 0.507 e. The summed E-state index contributed by atoms with van der Waals surface area (Å²) in [5.41, 5.74) is 3.22. The molecule has 0 aliphatic rings. The summed E-state index contributed by atoms with van der Waals surface area (Å²) in [6.45, 7) is 12.6. The first-order valence-electron chi connectivity index (χ1n) is 11.9. The quantitative estimate of drug-likeness (QED) is 0.277. The fourth-order valence-corrected chi connectivity index (χ4v) is 5.30. The first-order chi connectivity index (χ1) is 16.0. The molecule has 2 nitrogen and oxygen atoms in total. The number of phenolic OH excluding ortho intramolecular Hbond substituents is 1. The van der Waals surface area contributed by atoms with E-state index in [4.69, 9.17) is 0 Å². The summed E-state index contributed by atoms with van der Waals surface area (Å²) < 4.78 is 0. The second kappa shape index (κ2) is 7.47. The Balaban J connectivity index is 1.82. The second-order valence-corrected chi connectivity index (χ2v) is 11.5. The molecule has 1 N–H and O–H groups in total. The molecule has 170 valence electrons. The number of phenols is 1. The first kappa shape index (κ1) is 22.2. The lowest BCUT2D eigenvalue weighted by atomic mass is 9.76. The average molecular weight is 446 g/mol. The van der Waals surface area contributed by atoms with Crippen molar-refractivity contribution in [1.29, 1.82) is 5.26 Å². The standard InChI is InChI=1S/C32H31NO/c1-31(2,3)26-16-22(17-27(30(26)34)32(4,5)6)25(18-33)23-14-12-21-11-10-19-8-7-9-20-13-15-24(23)29(21)28(19)20/h7-17,25,34H,1-6H3. The minimum atomic E-state index is -0.438. The summed E-state index contributed by atoms with van der Waals surface area (Å²) in [4.78, 5) is 0. The van der Waals surface area contributed by atoms with Crippen LogP contribution in [0.25, 0.3) is 32.3 Å². The summed E-state index contributed by atoms with van der Waals surface area (Å²) >= 11 is 0. The van der Waals surface area contributed by atoms with Gasteiger partial charge in [-0.3, -0.25) is 0 Å². The predicted molar refractivity (Wildman–Crippen MR) is 143 cm³/mol. The Kier molecular flexibility index (Phi) is 4.88. The molecule has 0 saturated heterocycles. The molecular formula is C32H31NO. The smallest absolute Gasteiger partial charge is 0.123 e. The second-order valence-electron chi connectivity index (χ2n) is 11.5. The van der Waals surface area contributed by atoms with Gasteiger partial charge in [-0.15, -0.1) is 0 Å². The van der Waals surface area contributed by atoms with Gasteiger partial charge in [-0.05, 0) is 77.5 Å². The minimum Gasteiger partial charge on any atom is -0.507 e.